The average Bonchev–Trinajstić information content (AvgIpc) is 2.85. The Morgan fingerprint density at radius 3 is 2.41 bits per heavy atom. The molecule has 6 heteroatoms. The molecule has 1 atom stereocenters. The number of nitrogens with zero attached hydrogens (tertiary/aromatic N) is 2. The van der Waals surface area contributed by atoms with Crippen LogP contribution in [-0.2, 0) is 4.79 Å². The summed E-state index contributed by atoms with van der Waals surface area (Å²) in [5, 5.41) is 12.7. The molecule has 0 aliphatic carbocycles. The first kappa shape index (κ1) is 22.0. The molecule has 0 bridgehead atoms. The Hall–Kier alpha value is -1.66. The molecule has 2 aliphatic heterocycles. The van der Waals surface area contributed by atoms with Crippen LogP contribution < -0.4 is 10.2 Å². The first-order valence-electron chi connectivity index (χ1n) is 10.7. The van der Waals surface area contributed by atoms with Crippen LogP contribution in [0, 0.1) is 11.2 Å². The molecule has 29 heavy (non-hydrogen) atoms. The number of nitrogens with one attached hydrogen (secondary N) is 1. The van der Waals surface area contributed by atoms with E-state index in [4.69, 9.17) is 0 Å². The van der Waals surface area contributed by atoms with Gasteiger partial charge in [-0.1, -0.05) is 26.8 Å². The highest BCUT2D eigenvalue weighted by Crippen LogP contribution is 2.41. The number of halogens is 1. The molecule has 162 valence electrons. The molecule has 1 aromatic carbocycles. The summed E-state index contributed by atoms with van der Waals surface area (Å²) < 4.78 is 14.0. The maximum atomic E-state index is 14.0. The molecular weight excluding hydrogens is 369 g/mol. The zero-order chi connectivity index (χ0) is 21.4. The molecule has 0 aromatic heterocycles. The molecule has 2 aliphatic rings. The summed E-state index contributed by atoms with van der Waals surface area (Å²) in [4.78, 5) is 17.3. The molecule has 3 rings (SSSR count). The summed E-state index contributed by atoms with van der Waals surface area (Å²) in [5.41, 5.74) is 0.472. The Morgan fingerprint density at radius 2 is 1.86 bits per heavy atom. The van der Waals surface area contributed by atoms with E-state index in [0.29, 0.717) is 12.1 Å². The van der Waals surface area contributed by atoms with E-state index in [0.717, 1.165) is 32.4 Å². The molecule has 1 spiro atoms. The monoisotopic (exact) mass is 405 g/mol. The van der Waals surface area contributed by atoms with E-state index in [-0.39, 0.29) is 29.3 Å². The van der Waals surface area contributed by atoms with Crippen molar-refractivity contribution in [2.45, 2.75) is 77.5 Å². The smallest absolute Gasteiger partial charge is 0.244 e. The topological polar surface area (TPSA) is 55.8 Å². The molecule has 2 heterocycles. The Labute approximate surface area is 174 Å². The molecule has 2 saturated heterocycles. The summed E-state index contributed by atoms with van der Waals surface area (Å²) in [6.07, 6.45) is 2.96. The van der Waals surface area contributed by atoms with E-state index in [2.05, 4.69) is 44.8 Å². The van der Waals surface area contributed by atoms with Crippen LogP contribution in [0.5, 0.6) is 0 Å². The van der Waals surface area contributed by atoms with Crippen LogP contribution >= 0.6 is 0 Å². The third-order valence-electron chi connectivity index (χ3n) is 6.33. The number of carbonyl (C=O) groups excluding carboxylic acids is 1. The lowest BCUT2D eigenvalue weighted by molar-refractivity contribution is -0.121. The van der Waals surface area contributed by atoms with E-state index in [1.165, 1.54) is 12.1 Å². The lowest BCUT2D eigenvalue weighted by Gasteiger charge is -2.51. The quantitative estimate of drug-likeness (QED) is 0.787. The van der Waals surface area contributed by atoms with Gasteiger partial charge in [-0.15, -0.1) is 0 Å². The van der Waals surface area contributed by atoms with Crippen LogP contribution in [0.15, 0.2) is 24.3 Å². The number of likely N-dealkylation sites (tertiary alicyclic amines) is 1. The minimum Gasteiger partial charge on any atom is -0.396 e. The van der Waals surface area contributed by atoms with Gasteiger partial charge in [0.25, 0.3) is 0 Å². The summed E-state index contributed by atoms with van der Waals surface area (Å²) in [6.45, 7) is 13.0. The largest absolute Gasteiger partial charge is 0.396 e. The molecule has 0 saturated carbocycles. The van der Waals surface area contributed by atoms with Crippen LogP contribution in [0.3, 0.4) is 0 Å². The molecule has 0 radical (unpaired) electrons. The number of piperidine rings is 1. The number of carbonyl (C=O) groups is 1. The van der Waals surface area contributed by atoms with Crippen LogP contribution in [-0.4, -0.2) is 52.9 Å². The standard InChI is InChI=1S/C23H36FN3O2/c1-21(2,3)16-22(4,5)26-12-10-23(11-13-26)25-20(29)19(9-14-28)27(23)18-8-6-7-17(24)15-18/h6-8,15,19,28H,9-14,16H2,1-5H3,(H,25,29)/t19-/m0/s1. The molecule has 2 N–H and O–H groups in total. The Kier molecular flexibility index (Phi) is 5.98. The van der Waals surface area contributed by atoms with Crippen molar-refractivity contribution in [2.75, 3.05) is 24.6 Å². The number of hydrogen-bond donors (Lipinski definition) is 2. The van der Waals surface area contributed by atoms with Crippen LogP contribution in [0.1, 0.15) is 60.3 Å². The van der Waals surface area contributed by atoms with Crippen LogP contribution in [0.4, 0.5) is 10.1 Å². The first-order chi connectivity index (χ1) is 13.5. The molecule has 2 fully saturated rings. The Balaban J connectivity index is 1.85. The number of amides is 1. The fourth-order valence-corrected chi connectivity index (χ4v) is 5.48. The van der Waals surface area contributed by atoms with Crippen molar-refractivity contribution < 1.29 is 14.3 Å². The average molecular weight is 406 g/mol. The van der Waals surface area contributed by atoms with Gasteiger partial charge in [0.05, 0.1) is 0 Å². The maximum absolute atomic E-state index is 14.0. The Bertz CT molecular complexity index is 736. The van der Waals surface area contributed by atoms with Gasteiger partial charge in [0, 0.05) is 43.8 Å². The van der Waals surface area contributed by atoms with Gasteiger partial charge in [-0.25, -0.2) is 4.39 Å². The first-order valence-corrected chi connectivity index (χ1v) is 10.7. The van der Waals surface area contributed by atoms with Crippen molar-refractivity contribution in [3.63, 3.8) is 0 Å². The minimum absolute atomic E-state index is 0.0661. The molecule has 1 amide bonds. The fraction of sp³-hybridized carbons (Fsp3) is 0.696. The number of rotatable bonds is 5. The highest BCUT2D eigenvalue weighted by Gasteiger charge is 2.53. The highest BCUT2D eigenvalue weighted by molar-refractivity contribution is 5.90. The predicted molar refractivity (Wildman–Crippen MR) is 114 cm³/mol. The molecule has 0 unspecified atom stereocenters. The second kappa shape index (κ2) is 7.88. The second-order valence-corrected chi connectivity index (χ2v) is 10.4. The summed E-state index contributed by atoms with van der Waals surface area (Å²) in [6, 6.07) is 5.96. The van der Waals surface area contributed by atoms with Gasteiger partial charge >= 0.3 is 0 Å². The van der Waals surface area contributed by atoms with E-state index >= 15 is 0 Å². The lowest BCUT2D eigenvalue weighted by Crippen LogP contribution is -2.62. The normalized spacial score (nSPS) is 22.9. The van der Waals surface area contributed by atoms with E-state index in [1.54, 1.807) is 6.07 Å². The zero-order valence-electron chi connectivity index (χ0n) is 18.5. The van der Waals surface area contributed by atoms with E-state index in [9.17, 15) is 14.3 Å². The van der Waals surface area contributed by atoms with Gasteiger partial charge in [-0.3, -0.25) is 9.69 Å². The van der Waals surface area contributed by atoms with Crippen molar-refractivity contribution in [1.82, 2.24) is 10.2 Å². The van der Waals surface area contributed by atoms with Gasteiger partial charge < -0.3 is 15.3 Å². The number of aliphatic hydroxyl groups excluding tert-OH is 1. The SMILES string of the molecule is CC(C)(C)CC(C)(C)N1CCC2(CC1)NC(=O)[C@H](CCO)N2c1cccc(F)c1. The summed E-state index contributed by atoms with van der Waals surface area (Å²) in [5.74, 6) is -0.394. The van der Waals surface area contributed by atoms with Gasteiger partial charge in [-0.2, -0.15) is 0 Å². The molecular formula is C23H36FN3O2. The number of aliphatic hydroxyl groups is 1. The predicted octanol–water partition coefficient (Wildman–Crippen LogP) is 3.52. The van der Waals surface area contributed by atoms with Crippen molar-refractivity contribution in [1.29, 1.82) is 0 Å². The van der Waals surface area contributed by atoms with Crippen molar-refractivity contribution in [3.05, 3.63) is 30.1 Å². The zero-order valence-corrected chi connectivity index (χ0v) is 18.5. The third kappa shape index (κ3) is 4.58. The fourth-order valence-electron chi connectivity index (χ4n) is 5.48. The number of benzene rings is 1. The van der Waals surface area contributed by atoms with Crippen LogP contribution in [0.25, 0.3) is 0 Å². The highest BCUT2D eigenvalue weighted by atomic mass is 19.1. The Morgan fingerprint density at radius 1 is 1.21 bits per heavy atom. The number of hydrogen-bond acceptors (Lipinski definition) is 4. The number of anilines is 1. The van der Waals surface area contributed by atoms with Crippen LogP contribution in [0.2, 0.25) is 0 Å². The molecule has 5 nitrogen and oxygen atoms in total. The van der Waals surface area contributed by atoms with Crippen molar-refractivity contribution in [3.8, 4) is 0 Å². The maximum Gasteiger partial charge on any atom is 0.244 e. The third-order valence-corrected chi connectivity index (χ3v) is 6.33. The lowest BCUT2D eigenvalue weighted by atomic mass is 9.79. The van der Waals surface area contributed by atoms with E-state index in [1.807, 2.05) is 11.0 Å². The van der Waals surface area contributed by atoms with E-state index < -0.39 is 11.7 Å². The van der Waals surface area contributed by atoms with Gasteiger partial charge in [0.1, 0.15) is 17.5 Å². The van der Waals surface area contributed by atoms with Gasteiger partial charge in [0.2, 0.25) is 5.91 Å². The second-order valence-electron chi connectivity index (χ2n) is 10.4. The van der Waals surface area contributed by atoms with Crippen molar-refractivity contribution in [2.24, 2.45) is 5.41 Å². The van der Waals surface area contributed by atoms with Crippen molar-refractivity contribution >= 4 is 11.6 Å². The molecule has 1 aromatic rings. The summed E-state index contributed by atoms with van der Waals surface area (Å²) in [7, 11) is 0. The summed E-state index contributed by atoms with van der Waals surface area (Å²) >= 11 is 0. The van der Waals surface area contributed by atoms with Gasteiger partial charge in [-0.05, 0) is 50.3 Å². The minimum atomic E-state index is -0.529. The van der Waals surface area contributed by atoms with Gasteiger partial charge in [0.15, 0.2) is 0 Å².